The molecule has 88 valence electrons. The van der Waals surface area contributed by atoms with Gasteiger partial charge in [0.25, 0.3) is 0 Å². The summed E-state index contributed by atoms with van der Waals surface area (Å²) in [6.45, 7) is 4.00. The Balaban J connectivity index is 2.18. The summed E-state index contributed by atoms with van der Waals surface area (Å²) in [5.74, 6) is 0.723. The minimum atomic E-state index is -0.0622. The Hall–Kier alpha value is -2.03. The molecule has 0 aliphatic rings. The summed E-state index contributed by atoms with van der Waals surface area (Å²) >= 11 is 0. The predicted octanol–water partition coefficient (Wildman–Crippen LogP) is 3.11. The van der Waals surface area contributed by atoms with Crippen molar-refractivity contribution in [3.8, 4) is 5.75 Å². The zero-order chi connectivity index (χ0) is 12.3. The zero-order valence-corrected chi connectivity index (χ0v) is 10.1. The Morgan fingerprint density at radius 2 is 2.12 bits per heavy atom. The molecule has 3 heteroatoms. The first-order valence-electron chi connectivity index (χ1n) is 5.59. The summed E-state index contributed by atoms with van der Waals surface area (Å²) in [7, 11) is 0. The second-order valence-corrected chi connectivity index (χ2v) is 4.09. The summed E-state index contributed by atoms with van der Waals surface area (Å²) in [5.41, 5.74) is 8.70. The normalized spacial score (nSPS) is 12.1. The minimum Gasteiger partial charge on any atom is -0.484 e. The van der Waals surface area contributed by atoms with E-state index >= 15 is 0 Å². The third-order valence-electron chi connectivity index (χ3n) is 2.63. The molecule has 2 aromatic rings. The van der Waals surface area contributed by atoms with E-state index in [2.05, 4.69) is 4.98 Å². The molecule has 1 aromatic heterocycles. The van der Waals surface area contributed by atoms with E-state index in [1.54, 1.807) is 12.4 Å². The van der Waals surface area contributed by atoms with Gasteiger partial charge in [0.1, 0.15) is 11.9 Å². The number of hydrogen-bond acceptors (Lipinski definition) is 3. The Kier molecular flexibility index (Phi) is 3.28. The summed E-state index contributed by atoms with van der Waals surface area (Å²) in [5, 5.41) is 0. The first-order valence-corrected chi connectivity index (χ1v) is 5.59. The number of rotatable bonds is 3. The van der Waals surface area contributed by atoms with Crippen molar-refractivity contribution in [3.63, 3.8) is 0 Å². The van der Waals surface area contributed by atoms with Gasteiger partial charge in [-0.2, -0.15) is 0 Å². The highest BCUT2D eigenvalue weighted by atomic mass is 16.5. The van der Waals surface area contributed by atoms with Crippen LogP contribution in [0.3, 0.4) is 0 Å². The predicted molar refractivity (Wildman–Crippen MR) is 68.9 cm³/mol. The zero-order valence-electron chi connectivity index (χ0n) is 10.1. The highest BCUT2D eigenvalue weighted by Gasteiger charge is 2.09. The molecular formula is C14H16N2O. The number of nitrogens with two attached hydrogens (primary N) is 1. The van der Waals surface area contributed by atoms with Gasteiger partial charge in [0.2, 0.25) is 0 Å². The number of nitrogen functional groups attached to an aromatic ring is 1. The SMILES string of the molecule is Cc1ccc(N)c(OC(C)c2cccnc2)c1. The quantitative estimate of drug-likeness (QED) is 0.821. The third kappa shape index (κ3) is 2.75. The molecular weight excluding hydrogens is 212 g/mol. The van der Waals surface area contributed by atoms with Crippen LogP contribution in [0, 0.1) is 6.92 Å². The molecule has 0 radical (unpaired) electrons. The molecule has 0 saturated heterocycles. The number of hydrogen-bond donors (Lipinski definition) is 1. The van der Waals surface area contributed by atoms with Gasteiger partial charge in [0.05, 0.1) is 5.69 Å². The number of aromatic nitrogens is 1. The molecule has 2 N–H and O–H groups in total. The van der Waals surface area contributed by atoms with Gasteiger partial charge in [-0.15, -0.1) is 0 Å². The topological polar surface area (TPSA) is 48.1 Å². The summed E-state index contributed by atoms with van der Waals surface area (Å²) in [6.07, 6.45) is 3.49. The average molecular weight is 228 g/mol. The van der Waals surface area contributed by atoms with Gasteiger partial charge in [-0.3, -0.25) is 4.98 Å². The fourth-order valence-electron chi connectivity index (χ4n) is 1.62. The fraction of sp³-hybridized carbons (Fsp3) is 0.214. The van der Waals surface area contributed by atoms with Crippen molar-refractivity contribution in [3.05, 3.63) is 53.9 Å². The van der Waals surface area contributed by atoms with E-state index in [-0.39, 0.29) is 6.10 Å². The van der Waals surface area contributed by atoms with E-state index in [1.807, 2.05) is 44.2 Å². The Morgan fingerprint density at radius 3 is 2.82 bits per heavy atom. The largest absolute Gasteiger partial charge is 0.484 e. The van der Waals surface area contributed by atoms with Crippen molar-refractivity contribution >= 4 is 5.69 Å². The van der Waals surface area contributed by atoms with Gasteiger partial charge in [-0.05, 0) is 37.6 Å². The second kappa shape index (κ2) is 4.87. The van der Waals surface area contributed by atoms with E-state index in [4.69, 9.17) is 10.5 Å². The number of anilines is 1. The number of pyridine rings is 1. The van der Waals surface area contributed by atoms with Crippen molar-refractivity contribution in [1.29, 1.82) is 0 Å². The molecule has 0 aliphatic heterocycles. The molecule has 1 unspecified atom stereocenters. The van der Waals surface area contributed by atoms with Crippen LogP contribution < -0.4 is 10.5 Å². The lowest BCUT2D eigenvalue weighted by molar-refractivity contribution is 0.228. The average Bonchev–Trinajstić information content (AvgIpc) is 2.35. The lowest BCUT2D eigenvalue weighted by Gasteiger charge is -2.16. The van der Waals surface area contributed by atoms with Crippen LogP contribution in [0.2, 0.25) is 0 Å². The summed E-state index contributed by atoms with van der Waals surface area (Å²) < 4.78 is 5.85. The van der Waals surface area contributed by atoms with Crippen LogP contribution >= 0.6 is 0 Å². The summed E-state index contributed by atoms with van der Waals surface area (Å²) in [6, 6.07) is 9.66. The van der Waals surface area contributed by atoms with Crippen LogP contribution in [0.5, 0.6) is 5.75 Å². The molecule has 1 heterocycles. The standard InChI is InChI=1S/C14H16N2O/c1-10-5-6-13(15)14(8-10)17-11(2)12-4-3-7-16-9-12/h3-9,11H,15H2,1-2H3. The van der Waals surface area contributed by atoms with E-state index in [0.717, 1.165) is 16.9 Å². The number of nitrogens with zero attached hydrogens (tertiary/aromatic N) is 1. The van der Waals surface area contributed by atoms with Crippen molar-refractivity contribution in [2.45, 2.75) is 20.0 Å². The molecule has 0 saturated carbocycles. The minimum absolute atomic E-state index is 0.0622. The maximum Gasteiger partial charge on any atom is 0.143 e. The van der Waals surface area contributed by atoms with Crippen LogP contribution in [-0.4, -0.2) is 4.98 Å². The second-order valence-electron chi connectivity index (χ2n) is 4.09. The van der Waals surface area contributed by atoms with Crippen LogP contribution in [0.15, 0.2) is 42.7 Å². The lowest BCUT2D eigenvalue weighted by Crippen LogP contribution is -2.05. The van der Waals surface area contributed by atoms with Crippen LogP contribution in [-0.2, 0) is 0 Å². The number of benzene rings is 1. The number of aryl methyl sites for hydroxylation is 1. The maximum atomic E-state index is 5.88. The summed E-state index contributed by atoms with van der Waals surface area (Å²) in [4.78, 5) is 4.08. The Bertz CT molecular complexity index is 497. The highest BCUT2D eigenvalue weighted by molar-refractivity contribution is 5.53. The molecule has 0 spiro atoms. The molecule has 0 aliphatic carbocycles. The molecule has 0 amide bonds. The smallest absolute Gasteiger partial charge is 0.143 e. The van der Waals surface area contributed by atoms with Gasteiger partial charge < -0.3 is 10.5 Å². The van der Waals surface area contributed by atoms with Crippen molar-refractivity contribution in [2.75, 3.05) is 5.73 Å². The van der Waals surface area contributed by atoms with E-state index in [0.29, 0.717) is 5.69 Å². The molecule has 1 aromatic carbocycles. The van der Waals surface area contributed by atoms with Gasteiger partial charge in [-0.25, -0.2) is 0 Å². The highest BCUT2D eigenvalue weighted by Crippen LogP contribution is 2.27. The molecule has 3 nitrogen and oxygen atoms in total. The molecule has 0 bridgehead atoms. The van der Waals surface area contributed by atoms with Crippen LogP contribution in [0.25, 0.3) is 0 Å². The van der Waals surface area contributed by atoms with Gasteiger partial charge >= 0.3 is 0 Å². The van der Waals surface area contributed by atoms with Crippen molar-refractivity contribution in [1.82, 2.24) is 4.98 Å². The van der Waals surface area contributed by atoms with Crippen LogP contribution in [0.4, 0.5) is 5.69 Å². The first-order chi connectivity index (χ1) is 8.16. The molecule has 17 heavy (non-hydrogen) atoms. The van der Waals surface area contributed by atoms with E-state index in [9.17, 15) is 0 Å². The first kappa shape index (κ1) is 11.5. The van der Waals surface area contributed by atoms with Gasteiger partial charge in [0, 0.05) is 18.0 Å². The fourth-order valence-corrected chi connectivity index (χ4v) is 1.62. The molecule has 1 atom stereocenters. The molecule has 0 fully saturated rings. The van der Waals surface area contributed by atoms with Crippen molar-refractivity contribution in [2.24, 2.45) is 0 Å². The third-order valence-corrected chi connectivity index (χ3v) is 2.63. The van der Waals surface area contributed by atoms with Crippen molar-refractivity contribution < 1.29 is 4.74 Å². The van der Waals surface area contributed by atoms with E-state index < -0.39 is 0 Å². The Labute approximate surface area is 101 Å². The lowest BCUT2D eigenvalue weighted by atomic mass is 10.2. The Morgan fingerprint density at radius 1 is 1.29 bits per heavy atom. The monoisotopic (exact) mass is 228 g/mol. The molecule has 2 rings (SSSR count). The van der Waals surface area contributed by atoms with Gasteiger partial charge in [-0.1, -0.05) is 12.1 Å². The maximum absolute atomic E-state index is 5.88. The van der Waals surface area contributed by atoms with E-state index in [1.165, 1.54) is 0 Å². The van der Waals surface area contributed by atoms with Crippen LogP contribution in [0.1, 0.15) is 24.2 Å². The number of ether oxygens (including phenoxy) is 1. The van der Waals surface area contributed by atoms with Gasteiger partial charge in [0.15, 0.2) is 0 Å².